The Morgan fingerprint density at radius 1 is 1.00 bits per heavy atom. The number of alkyl halides is 3. The molecule has 0 unspecified atom stereocenters. The van der Waals surface area contributed by atoms with Crippen molar-refractivity contribution in [1.82, 2.24) is 9.97 Å². The molecule has 28 heavy (non-hydrogen) atoms. The van der Waals surface area contributed by atoms with Gasteiger partial charge in [0.25, 0.3) is 11.8 Å². The average molecular weight is 408 g/mol. The normalized spacial score (nSPS) is 11.0. The van der Waals surface area contributed by atoms with Crippen molar-refractivity contribution in [3.05, 3.63) is 64.9 Å². The third-order valence-electron chi connectivity index (χ3n) is 3.26. The molecule has 3 aromatic rings. The summed E-state index contributed by atoms with van der Waals surface area (Å²) in [6.45, 7) is 0. The van der Waals surface area contributed by atoms with Gasteiger partial charge in [-0.25, -0.2) is 4.98 Å². The first-order chi connectivity index (χ1) is 13.3. The summed E-state index contributed by atoms with van der Waals surface area (Å²) in [7, 11) is 0. The predicted molar refractivity (Wildman–Crippen MR) is 95.4 cm³/mol. The Morgan fingerprint density at radius 2 is 1.75 bits per heavy atom. The van der Waals surface area contributed by atoms with Crippen molar-refractivity contribution in [2.45, 2.75) is 6.36 Å². The van der Waals surface area contributed by atoms with Gasteiger partial charge >= 0.3 is 6.36 Å². The van der Waals surface area contributed by atoms with Gasteiger partial charge in [-0.05, 0) is 35.7 Å². The highest BCUT2D eigenvalue weighted by atomic mass is 32.1. The lowest BCUT2D eigenvalue weighted by atomic mass is 10.3. The summed E-state index contributed by atoms with van der Waals surface area (Å²) in [5.41, 5.74) is 0.620. The van der Waals surface area contributed by atoms with Crippen LogP contribution in [0.25, 0.3) is 0 Å². The Bertz CT molecular complexity index is 975. The summed E-state index contributed by atoms with van der Waals surface area (Å²) in [5.74, 6) is -1.47. The number of halogens is 3. The van der Waals surface area contributed by atoms with Gasteiger partial charge in [-0.1, -0.05) is 0 Å². The largest absolute Gasteiger partial charge is 0.573 e. The zero-order chi connectivity index (χ0) is 20.1. The molecule has 0 atom stereocenters. The third-order valence-corrected chi connectivity index (χ3v) is 4.17. The van der Waals surface area contributed by atoms with E-state index >= 15 is 0 Å². The molecule has 2 aromatic heterocycles. The van der Waals surface area contributed by atoms with E-state index in [1.807, 2.05) is 0 Å². The van der Waals surface area contributed by atoms with E-state index in [0.717, 1.165) is 23.5 Å². The zero-order valence-corrected chi connectivity index (χ0v) is 14.7. The molecule has 2 N–H and O–H groups in total. The topological polar surface area (TPSA) is 93.2 Å². The van der Waals surface area contributed by atoms with Crippen LogP contribution in [0.4, 0.5) is 24.5 Å². The number of ether oxygens (including phenoxy) is 1. The second kappa shape index (κ2) is 8.05. The highest BCUT2D eigenvalue weighted by Gasteiger charge is 2.31. The summed E-state index contributed by atoms with van der Waals surface area (Å²) < 4.78 is 40.3. The fraction of sp³-hybridized carbons (Fsp3) is 0.0588. The number of benzene rings is 1. The number of nitrogens with one attached hydrogen (secondary N) is 2. The fourth-order valence-electron chi connectivity index (χ4n) is 2.11. The van der Waals surface area contributed by atoms with Crippen molar-refractivity contribution in [3.63, 3.8) is 0 Å². The number of amides is 2. The lowest BCUT2D eigenvalue weighted by Crippen LogP contribution is -2.18. The summed E-state index contributed by atoms with van der Waals surface area (Å²) in [5, 5.41) is 6.73. The lowest BCUT2D eigenvalue weighted by molar-refractivity contribution is -0.274. The van der Waals surface area contributed by atoms with Gasteiger partial charge in [-0.3, -0.25) is 14.6 Å². The minimum Gasteiger partial charge on any atom is -0.406 e. The molecule has 0 aliphatic carbocycles. The highest BCUT2D eigenvalue weighted by Crippen LogP contribution is 2.26. The molecule has 0 bridgehead atoms. The molecular formula is C17H11F3N4O3S. The van der Waals surface area contributed by atoms with Gasteiger partial charge < -0.3 is 15.4 Å². The predicted octanol–water partition coefficient (Wildman–Crippen LogP) is 3.94. The SMILES string of the molecule is O=C(Nc1ccsc1C(=O)Nc1ccc(OC(F)(F)F)cc1)c1cnccn1. The average Bonchev–Trinajstić information content (AvgIpc) is 3.11. The van der Waals surface area contributed by atoms with Gasteiger partial charge in [0.15, 0.2) is 0 Å². The van der Waals surface area contributed by atoms with Crippen molar-refractivity contribution in [2.75, 3.05) is 10.6 Å². The first-order valence-electron chi connectivity index (χ1n) is 7.64. The molecule has 3 rings (SSSR count). The van der Waals surface area contributed by atoms with Crippen LogP contribution in [-0.2, 0) is 0 Å². The van der Waals surface area contributed by atoms with E-state index < -0.39 is 23.9 Å². The third kappa shape index (κ3) is 5.04. The summed E-state index contributed by atoms with van der Waals surface area (Å²) in [6.07, 6.45) is -0.725. The minimum atomic E-state index is -4.79. The van der Waals surface area contributed by atoms with E-state index in [9.17, 15) is 22.8 Å². The molecule has 7 nitrogen and oxygen atoms in total. The molecule has 0 fully saturated rings. The molecule has 0 saturated carbocycles. The molecule has 144 valence electrons. The number of aromatic nitrogens is 2. The Kier molecular flexibility index (Phi) is 5.54. The van der Waals surface area contributed by atoms with Crippen LogP contribution in [0, 0.1) is 0 Å². The van der Waals surface area contributed by atoms with Gasteiger partial charge in [-0.15, -0.1) is 24.5 Å². The van der Waals surface area contributed by atoms with Crippen molar-refractivity contribution in [2.24, 2.45) is 0 Å². The number of anilines is 2. The molecule has 2 heterocycles. The first-order valence-corrected chi connectivity index (χ1v) is 8.52. The Balaban J connectivity index is 1.67. The molecule has 0 aliphatic rings. The van der Waals surface area contributed by atoms with Crippen molar-refractivity contribution < 1.29 is 27.5 Å². The molecule has 11 heteroatoms. The van der Waals surface area contributed by atoms with Crippen LogP contribution >= 0.6 is 11.3 Å². The van der Waals surface area contributed by atoms with Crippen LogP contribution in [0.1, 0.15) is 20.2 Å². The quantitative estimate of drug-likeness (QED) is 0.667. The van der Waals surface area contributed by atoms with E-state index in [-0.39, 0.29) is 21.9 Å². The molecule has 1 aromatic carbocycles. The molecule has 0 radical (unpaired) electrons. The van der Waals surface area contributed by atoms with E-state index in [0.29, 0.717) is 0 Å². The van der Waals surface area contributed by atoms with E-state index in [4.69, 9.17) is 0 Å². The number of hydrogen-bond donors (Lipinski definition) is 2. The number of nitrogens with zero attached hydrogens (tertiary/aromatic N) is 2. The smallest absolute Gasteiger partial charge is 0.406 e. The summed E-state index contributed by atoms with van der Waals surface area (Å²) in [4.78, 5) is 32.5. The Hall–Kier alpha value is -3.47. The number of carbonyl (C=O) groups is 2. The van der Waals surface area contributed by atoms with Crippen LogP contribution in [0.15, 0.2) is 54.3 Å². The van der Waals surface area contributed by atoms with Crippen LogP contribution in [0.2, 0.25) is 0 Å². The van der Waals surface area contributed by atoms with Crippen molar-refractivity contribution in [3.8, 4) is 5.75 Å². The van der Waals surface area contributed by atoms with Gasteiger partial charge in [-0.2, -0.15) is 0 Å². The molecule has 0 aliphatic heterocycles. The monoisotopic (exact) mass is 408 g/mol. The molecule has 0 saturated heterocycles. The summed E-state index contributed by atoms with van der Waals surface area (Å²) in [6, 6.07) is 6.24. The lowest BCUT2D eigenvalue weighted by Gasteiger charge is -2.10. The van der Waals surface area contributed by atoms with Gasteiger partial charge in [0.1, 0.15) is 16.3 Å². The number of hydrogen-bond acceptors (Lipinski definition) is 6. The number of carbonyl (C=O) groups excluding carboxylic acids is 2. The molecule has 2 amide bonds. The number of rotatable bonds is 5. The first kappa shape index (κ1) is 19.3. The highest BCUT2D eigenvalue weighted by molar-refractivity contribution is 7.12. The maximum absolute atomic E-state index is 12.4. The van der Waals surface area contributed by atoms with E-state index in [1.54, 1.807) is 11.4 Å². The van der Waals surface area contributed by atoms with E-state index in [2.05, 4.69) is 25.3 Å². The second-order valence-electron chi connectivity index (χ2n) is 5.23. The second-order valence-corrected chi connectivity index (χ2v) is 6.15. The van der Waals surface area contributed by atoms with Crippen molar-refractivity contribution in [1.29, 1.82) is 0 Å². The van der Waals surface area contributed by atoms with Gasteiger partial charge in [0.2, 0.25) is 0 Å². The maximum Gasteiger partial charge on any atom is 0.573 e. The van der Waals surface area contributed by atoms with Gasteiger partial charge in [0.05, 0.1) is 11.9 Å². The fourth-order valence-corrected chi connectivity index (χ4v) is 2.86. The Labute approximate surface area is 160 Å². The van der Waals surface area contributed by atoms with Crippen LogP contribution < -0.4 is 15.4 Å². The van der Waals surface area contributed by atoms with Crippen LogP contribution in [0.5, 0.6) is 5.75 Å². The molecule has 0 spiro atoms. The molecular weight excluding hydrogens is 397 g/mol. The minimum absolute atomic E-state index is 0.0836. The van der Waals surface area contributed by atoms with E-state index in [1.165, 1.54) is 30.7 Å². The van der Waals surface area contributed by atoms with Crippen LogP contribution in [0.3, 0.4) is 0 Å². The maximum atomic E-state index is 12.4. The van der Waals surface area contributed by atoms with Gasteiger partial charge in [0, 0.05) is 18.1 Å². The zero-order valence-electron chi connectivity index (χ0n) is 13.9. The Morgan fingerprint density at radius 3 is 2.39 bits per heavy atom. The summed E-state index contributed by atoms with van der Waals surface area (Å²) >= 11 is 1.09. The van der Waals surface area contributed by atoms with Crippen LogP contribution in [-0.4, -0.2) is 28.1 Å². The van der Waals surface area contributed by atoms with Crippen molar-refractivity contribution >= 4 is 34.5 Å². The standard InChI is InChI=1S/C17H11F3N4O3S/c18-17(19,20)27-11-3-1-10(2-4-11)23-16(26)14-12(5-8-28-14)24-15(25)13-9-21-6-7-22-13/h1-9H,(H,23,26)(H,24,25). The number of thiophene rings is 1.